The number of halogens is 3. The van der Waals surface area contributed by atoms with Gasteiger partial charge in [-0.15, -0.1) is 0 Å². The SMILES string of the molecule is Cc1ccc(-n2ncc3c(=O)n(NC(=O)c4ccc(C(F)(F)F)cc4)cnc32)cc1. The van der Waals surface area contributed by atoms with E-state index in [9.17, 15) is 22.8 Å². The highest BCUT2D eigenvalue weighted by Crippen LogP contribution is 2.29. The Morgan fingerprint density at radius 3 is 2.33 bits per heavy atom. The molecule has 0 bridgehead atoms. The maximum atomic E-state index is 12.7. The Hall–Kier alpha value is -3.95. The van der Waals surface area contributed by atoms with Gasteiger partial charge in [0.05, 0.1) is 17.4 Å². The Labute approximate surface area is 167 Å². The van der Waals surface area contributed by atoms with Crippen LogP contribution in [0.25, 0.3) is 16.7 Å². The molecule has 1 amide bonds. The molecule has 0 saturated carbocycles. The number of carbonyl (C=O) groups excluding carboxylic acids is 1. The van der Waals surface area contributed by atoms with Crippen LogP contribution in [0.4, 0.5) is 13.2 Å². The maximum Gasteiger partial charge on any atom is 0.416 e. The van der Waals surface area contributed by atoms with Crippen LogP contribution >= 0.6 is 0 Å². The number of carbonyl (C=O) groups is 1. The summed E-state index contributed by atoms with van der Waals surface area (Å²) in [5, 5.41) is 4.36. The highest BCUT2D eigenvalue weighted by atomic mass is 19.4. The van der Waals surface area contributed by atoms with Gasteiger partial charge in [-0.05, 0) is 43.3 Å². The summed E-state index contributed by atoms with van der Waals surface area (Å²) in [6.45, 7) is 1.95. The minimum absolute atomic E-state index is 0.0367. The number of benzene rings is 2. The first-order chi connectivity index (χ1) is 14.2. The molecule has 10 heteroatoms. The molecule has 0 fully saturated rings. The molecule has 0 saturated heterocycles. The third-order valence-electron chi connectivity index (χ3n) is 4.46. The molecule has 2 heterocycles. The molecule has 2 aromatic carbocycles. The summed E-state index contributed by atoms with van der Waals surface area (Å²) in [6.07, 6.45) is -2.04. The number of hydrogen-bond acceptors (Lipinski definition) is 4. The average Bonchev–Trinajstić information content (AvgIpc) is 3.15. The number of amides is 1. The van der Waals surface area contributed by atoms with Gasteiger partial charge in [0.1, 0.15) is 11.7 Å². The summed E-state index contributed by atoms with van der Waals surface area (Å²) in [7, 11) is 0. The number of alkyl halides is 3. The van der Waals surface area contributed by atoms with Crippen molar-refractivity contribution in [3.8, 4) is 5.69 Å². The summed E-state index contributed by atoms with van der Waals surface area (Å²) in [5.74, 6) is -0.752. The van der Waals surface area contributed by atoms with Crippen molar-refractivity contribution in [2.45, 2.75) is 13.1 Å². The molecule has 0 radical (unpaired) electrons. The molecule has 4 rings (SSSR count). The Morgan fingerprint density at radius 2 is 1.70 bits per heavy atom. The first kappa shape index (κ1) is 19.4. The van der Waals surface area contributed by atoms with Crippen LogP contribution in [0.5, 0.6) is 0 Å². The lowest BCUT2D eigenvalue weighted by molar-refractivity contribution is -0.137. The van der Waals surface area contributed by atoms with Crippen molar-refractivity contribution >= 4 is 16.9 Å². The van der Waals surface area contributed by atoms with Gasteiger partial charge in [-0.25, -0.2) is 14.3 Å². The van der Waals surface area contributed by atoms with Crippen LogP contribution in [-0.4, -0.2) is 25.3 Å². The lowest BCUT2D eigenvalue weighted by Gasteiger charge is -2.10. The van der Waals surface area contributed by atoms with Gasteiger partial charge in [-0.1, -0.05) is 17.7 Å². The van der Waals surface area contributed by atoms with Crippen LogP contribution < -0.4 is 11.0 Å². The van der Waals surface area contributed by atoms with E-state index in [1.165, 1.54) is 10.9 Å². The van der Waals surface area contributed by atoms with E-state index in [0.717, 1.165) is 40.8 Å². The minimum atomic E-state index is -4.50. The largest absolute Gasteiger partial charge is 0.416 e. The van der Waals surface area contributed by atoms with E-state index in [2.05, 4.69) is 15.5 Å². The number of nitrogens with zero attached hydrogens (tertiary/aromatic N) is 4. The highest BCUT2D eigenvalue weighted by Gasteiger charge is 2.30. The van der Waals surface area contributed by atoms with Crippen molar-refractivity contribution < 1.29 is 18.0 Å². The Bertz CT molecular complexity index is 1290. The van der Waals surface area contributed by atoms with Crippen LogP contribution in [0.1, 0.15) is 21.5 Å². The molecule has 2 aromatic heterocycles. The van der Waals surface area contributed by atoms with E-state index >= 15 is 0 Å². The van der Waals surface area contributed by atoms with E-state index in [-0.39, 0.29) is 10.9 Å². The third kappa shape index (κ3) is 3.54. The summed E-state index contributed by atoms with van der Waals surface area (Å²) in [6, 6.07) is 11.1. The second-order valence-corrected chi connectivity index (χ2v) is 6.56. The van der Waals surface area contributed by atoms with Crippen LogP contribution in [0.3, 0.4) is 0 Å². The molecule has 30 heavy (non-hydrogen) atoms. The van der Waals surface area contributed by atoms with Gasteiger partial charge in [-0.2, -0.15) is 18.3 Å². The number of nitrogens with one attached hydrogen (secondary N) is 1. The lowest BCUT2D eigenvalue weighted by Crippen LogP contribution is -2.33. The fraction of sp³-hybridized carbons (Fsp3) is 0.100. The van der Waals surface area contributed by atoms with Crippen molar-refractivity contribution in [2.24, 2.45) is 0 Å². The van der Waals surface area contributed by atoms with Crippen LogP contribution in [-0.2, 0) is 6.18 Å². The van der Waals surface area contributed by atoms with Crippen LogP contribution in [0, 0.1) is 6.92 Å². The number of fused-ring (bicyclic) bond motifs is 1. The molecule has 0 spiro atoms. The molecule has 7 nitrogen and oxygen atoms in total. The number of aromatic nitrogens is 4. The first-order valence-corrected chi connectivity index (χ1v) is 8.75. The Morgan fingerprint density at radius 1 is 1.03 bits per heavy atom. The van der Waals surface area contributed by atoms with E-state index < -0.39 is 23.2 Å². The zero-order chi connectivity index (χ0) is 21.5. The summed E-state index contributed by atoms with van der Waals surface area (Å²) in [4.78, 5) is 29.2. The predicted molar refractivity (Wildman–Crippen MR) is 103 cm³/mol. The van der Waals surface area contributed by atoms with Crippen molar-refractivity contribution in [3.05, 3.63) is 88.1 Å². The van der Waals surface area contributed by atoms with Crippen LogP contribution in [0.2, 0.25) is 0 Å². The minimum Gasteiger partial charge on any atom is -0.267 e. The third-order valence-corrected chi connectivity index (χ3v) is 4.46. The molecule has 0 aliphatic carbocycles. The van der Waals surface area contributed by atoms with Crippen molar-refractivity contribution in [1.29, 1.82) is 0 Å². The van der Waals surface area contributed by atoms with Gasteiger partial charge in [-0.3, -0.25) is 15.0 Å². The number of rotatable bonds is 3. The van der Waals surface area contributed by atoms with E-state index in [4.69, 9.17) is 0 Å². The molecule has 4 aromatic rings. The van der Waals surface area contributed by atoms with Gasteiger partial charge >= 0.3 is 6.18 Å². The lowest BCUT2D eigenvalue weighted by atomic mass is 10.1. The summed E-state index contributed by atoms with van der Waals surface area (Å²) < 4.78 is 40.3. The average molecular weight is 413 g/mol. The van der Waals surface area contributed by atoms with Crippen LogP contribution in [0.15, 0.2) is 65.8 Å². The standard InChI is InChI=1S/C20H14F3N5O2/c1-12-2-8-15(9-3-12)28-17-16(10-25-28)19(30)27(11-24-17)26-18(29)13-4-6-14(7-5-13)20(21,22)23/h2-11H,1H3,(H,26,29). The van der Waals surface area contributed by atoms with Gasteiger partial charge in [0.15, 0.2) is 5.65 Å². The van der Waals surface area contributed by atoms with Crippen molar-refractivity contribution in [1.82, 2.24) is 19.4 Å². The predicted octanol–water partition coefficient (Wildman–Crippen LogP) is 3.29. The highest BCUT2D eigenvalue weighted by molar-refractivity contribution is 6.00. The second kappa shape index (κ2) is 7.14. The van der Waals surface area contributed by atoms with Crippen molar-refractivity contribution in [2.75, 3.05) is 5.43 Å². The van der Waals surface area contributed by atoms with Gasteiger partial charge < -0.3 is 0 Å². The van der Waals surface area contributed by atoms with Gasteiger partial charge in [0.25, 0.3) is 11.5 Å². The molecule has 0 unspecified atom stereocenters. The number of aryl methyl sites for hydroxylation is 1. The number of hydrogen-bond donors (Lipinski definition) is 1. The van der Waals surface area contributed by atoms with E-state index in [1.807, 2.05) is 31.2 Å². The van der Waals surface area contributed by atoms with Crippen molar-refractivity contribution in [3.63, 3.8) is 0 Å². The second-order valence-electron chi connectivity index (χ2n) is 6.56. The normalized spacial score (nSPS) is 11.6. The quantitative estimate of drug-likeness (QED) is 0.559. The molecule has 152 valence electrons. The summed E-state index contributed by atoms with van der Waals surface area (Å²) >= 11 is 0. The Balaban J connectivity index is 1.62. The zero-order valence-electron chi connectivity index (χ0n) is 15.5. The molecule has 0 atom stereocenters. The fourth-order valence-corrected chi connectivity index (χ4v) is 2.85. The maximum absolute atomic E-state index is 12.7. The smallest absolute Gasteiger partial charge is 0.267 e. The van der Waals surface area contributed by atoms with Gasteiger partial charge in [0, 0.05) is 5.56 Å². The summed E-state index contributed by atoms with van der Waals surface area (Å²) in [5.41, 5.74) is 2.93. The van der Waals surface area contributed by atoms with Gasteiger partial charge in [0.2, 0.25) is 0 Å². The zero-order valence-corrected chi connectivity index (χ0v) is 15.5. The topological polar surface area (TPSA) is 81.8 Å². The molecule has 0 aliphatic rings. The molecule has 0 aliphatic heterocycles. The molecule has 1 N–H and O–H groups in total. The molecular formula is C20H14F3N5O2. The molecular weight excluding hydrogens is 399 g/mol. The van der Waals surface area contributed by atoms with E-state index in [0.29, 0.717) is 11.3 Å². The van der Waals surface area contributed by atoms with E-state index in [1.54, 1.807) is 0 Å². The fourth-order valence-electron chi connectivity index (χ4n) is 2.85. The first-order valence-electron chi connectivity index (χ1n) is 8.75. The Kier molecular flexibility index (Phi) is 4.61. The monoisotopic (exact) mass is 413 g/mol.